The highest BCUT2D eigenvalue weighted by Gasteiger charge is 2.28. The molecule has 0 amide bonds. The topological polar surface area (TPSA) is 78.7 Å². The van der Waals surface area contributed by atoms with Crippen LogP contribution in [0.4, 0.5) is 4.39 Å². The fourth-order valence-corrected chi connectivity index (χ4v) is 2.83. The normalized spacial score (nSPS) is 14.2. The third-order valence-corrected chi connectivity index (χ3v) is 4.18. The minimum atomic E-state index is -0.532. The first-order chi connectivity index (χ1) is 11.6. The summed E-state index contributed by atoms with van der Waals surface area (Å²) < 4.78 is 21.4. The zero-order valence-electron chi connectivity index (χ0n) is 13.1. The van der Waals surface area contributed by atoms with E-state index in [0.717, 1.165) is 30.1 Å². The molecule has 1 aromatic carbocycles. The van der Waals surface area contributed by atoms with E-state index in [1.807, 2.05) is 6.92 Å². The summed E-state index contributed by atoms with van der Waals surface area (Å²) in [6.45, 7) is 2.17. The van der Waals surface area contributed by atoms with Crippen LogP contribution in [0, 0.1) is 12.7 Å². The fourth-order valence-electron chi connectivity index (χ4n) is 2.83. The fraction of sp³-hybridized carbons (Fsp3) is 0.375. The SMILES string of the molecule is Cc1nnc(Cn2c(Cc3ccc(F)cc3)noc2=O)n1C1CC1. The van der Waals surface area contributed by atoms with Crippen molar-refractivity contribution in [3.8, 4) is 0 Å². The predicted molar refractivity (Wildman–Crippen MR) is 82.1 cm³/mol. The Morgan fingerprint density at radius 3 is 2.67 bits per heavy atom. The van der Waals surface area contributed by atoms with Gasteiger partial charge in [0.1, 0.15) is 11.6 Å². The highest BCUT2D eigenvalue weighted by Crippen LogP contribution is 2.36. The molecule has 8 heteroatoms. The molecular weight excluding hydrogens is 313 g/mol. The van der Waals surface area contributed by atoms with E-state index in [0.29, 0.717) is 18.3 Å². The van der Waals surface area contributed by atoms with Gasteiger partial charge in [0.15, 0.2) is 11.6 Å². The monoisotopic (exact) mass is 329 g/mol. The first-order valence-electron chi connectivity index (χ1n) is 7.82. The smallest absolute Gasteiger partial charge is 0.311 e. The summed E-state index contributed by atoms with van der Waals surface area (Å²) in [4.78, 5) is 12.0. The molecule has 7 nitrogen and oxygen atoms in total. The van der Waals surface area contributed by atoms with E-state index in [2.05, 4.69) is 19.9 Å². The van der Waals surface area contributed by atoms with Crippen molar-refractivity contribution in [2.24, 2.45) is 0 Å². The van der Waals surface area contributed by atoms with Gasteiger partial charge in [0.25, 0.3) is 0 Å². The van der Waals surface area contributed by atoms with Crippen molar-refractivity contribution >= 4 is 0 Å². The first-order valence-corrected chi connectivity index (χ1v) is 7.82. The van der Waals surface area contributed by atoms with E-state index in [9.17, 15) is 9.18 Å². The van der Waals surface area contributed by atoms with Gasteiger partial charge in [-0.15, -0.1) is 10.2 Å². The molecule has 1 saturated carbocycles. The van der Waals surface area contributed by atoms with Crippen molar-refractivity contribution in [2.45, 2.75) is 38.8 Å². The number of halogens is 1. The molecule has 124 valence electrons. The molecule has 1 aliphatic rings. The zero-order chi connectivity index (χ0) is 16.7. The minimum Gasteiger partial charge on any atom is -0.311 e. The van der Waals surface area contributed by atoms with E-state index in [4.69, 9.17) is 4.52 Å². The average Bonchev–Trinajstić information content (AvgIpc) is 3.26. The van der Waals surface area contributed by atoms with Crippen molar-refractivity contribution in [3.05, 3.63) is 63.7 Å². The Kier molecular flexibility index (Phi) is 3.51. The quantitative estimate of drug-likeness (QED) is 0.714. The van der Waals surface area contributed by atoms with E-state index in [1.54, 1.807) is 12.1 Å². The van der Waals surface area contributed by atoms with Crippen LogP contribution in [0.25, 0.3) is 0 Å². The Balaban J connectivity index is 1.63. The van der Waals surface area contributed by atoms with E-state index < -0.39 is 5.76 Å². The van der Waals surface area contributed by atoms with Crippen LogP contribution in [0.15, 0.2) is 33.6 Å². The number of aromatic nitrogens is 5. The molecule has 2 aromatic heterocycles. The van der Waals surface area contributed by atoms with Gasteiger partial charge in [-0.1, -0.05) is 17.3 Å². The third-order valence-electron chi connectivity index (χ3n) is 4.18. The highest BCUT2D eigenvalue weighted by molar-refractivity contribution is 5.19. The van der Waals surface area contributed by atoms with Crippen LogP contribution in [0.3, 0.4) is 0 Å². The minimum absolute atomic E-state index is 0.260. The van der Waals surface area contributed by atoms with Gasteiger partial charge >= 0.3 is 5.76 Å². The molecule has 2 heterocycles. The largest absolute Gasteiger partial charge is 0.442 e. The molecule has 0 unspecified atom stereocenters. The Labute approximate surface area is 136 Å². The predicted octanol–water partition coefficient (Wildman–Crippen LogP) is 1.85. The summed E-state index contributed by atoms with van der Waals surface area (Å²) >= 11 is 0. The van der Waals surface area contributed by atoms with Gasteiger partial charge in [0.05, 0.1) is 6.54 Å². The lowest BCUT2D eigenvalue weighted by molar-refractivity contribution is 0.374. The molecule has 0 N–H and O–H groups in total. The maximum atomic E-state index is 13.0. The molecular formula is C16H16FN5O2. The lowest BCUT2D eigenvalue weighted by atomic mass is 10.1. The third kappa shape index (κ3) is 2.75. The summed E-state index contributed by atoms with van der Waals surface area (Å²) in [5.74, 6) is 1.21. The standard InChI is InChI=1S/C16H16FN5O2/c1-10-18-19-15(22(10)13-6-7-13)9-21-14(20-24-16(21)23)8-11-2-4-12(17)5-3-11/h2-5,13H,6-9H2,1H3. The van der Waals surface area contributed by atoms with E-state index in [-0.39, 0.29) is 12.4 Å². The molecule has 24 heavy (non-hydrogen) atoms. The number of benzene rings is 1. The number of aryl methyl sites for hydroxylation is 1. The van der Waals surface area contributed by atoms with Gasteiger partial charge < -0.3 is 4.57 Å². The van der Waals surface area contributed by atoms with E-state index >= 15 is 0 Å². The molecule has 0 radical (unpaired) electrons. The summed E-state index contributed by atoms with van der Waals surface area (Å²) in [5, 5.41) is 12.2. The molecule has 0 saturated heterocycles. The number of rotatable bonds is 5. The maximum absolute atomic E-state index is 13.0. The van der Waals surface area contributed by atoms with Crippen LogP contribution in [-0.2, 0) is 13.0 Å². The molecule has 0 aliphatic heterocycles. The molecule has 4 rings (SSSR count). The van der Waals surface area contributed by atoms with Crippen molar-refractivity contribution in [2.75, 3.05) is 0 Å². The van der Waals surface area contributed by atoms with Crippen molar-refractivity contribution < 1.29 is 8.91 Å². The average molecular weight is 329 g/mol. The second-order valence-electron chi connectivity index (χ2n) is 6.02. The van der Waals surface area contributed by atoms with Gasteiger partial charge in [-0.05, 0) is 37.5 Å². The van der Waals surface area contributed by atoms with Gasteiger partial charge in [-0.3, -0.25) is 9.09 Å². The second-order valence-corrected chi connectivity index (χ2v) is 6.02. The van der Waals surface area contributed by atoms with Gasteiger partial charge in [-0.2, -0.15) is 0 Å². The summed E-state index contributed by atoms with van der Waals surface area (Å²) in [5.41, 5.74) is 0.846. The van der Waals surface area contributed by atoms with Crippen LogP contribution in [0.2, 0.25) is 0 Å². The van der Waals surface area contributed by atoms with Crippen LogP contribution < -0.4 is 5.76 Å². The first kappa shape index (κ1) is 14.8. The Hall–Kier alpha value is -2.77. The number of hydrogen-bond acceptors (Lipinski definition) is 5. The summed E-state index contributed by atoms with van der Waals surface area (Å²) in [6.07, 6.45) is 2.59. The Morgan fingerprint density at radius 2 is 1.96 bits per heavy atom. The van der Waals surface area contributed by atoms with Crippen LogP contribution in [0.1, 0.15) is 41.9 Å². The van der Waals surface area contributed by atoms with Gasteiger partial charge in [0.2, 0.25) is 0 Å². The molecule has 3 aromatic rings. The highest BCUT2D eigenvalue weighted by atomic mass is 19.1. The van der Waals surface area contributed by atoms with Crippen molar-refractivity contribution in [3.63, 3.8) is 0 Å². The lowest BCUT2D eigenvalue weighted by Crippen LogP contribution is -2.20. The van der Waals surface area contributed by atoms with Gasteiger partial charge in [0, 0.05) is 12.5 Å². The van der Waals surface area contributed by atoms with Crippen LogP contribution in [-0.4, -0.2) is 24.5 Å². The summed E-state index contributed by atoms with van der Waals surface area (Å²) in [6, 6.07) is 6.51. The van der Waals surface area contributed by atoms with Crippen LogP contribution in [0.5, 0.6) is 0 Å². The van der Waals surface area contributed by atoms with Gasteiger partial charge in [-0.25, -0.2) is 9.18 Å². The second kappa shape index (κ2) is 5.70. The van der Waals surface area contributed by atoms with Crippen molar-refractivity contribution in [1.82, 2.24) is 24.5 Å². The van der Waals surface area contributed by atoms with Crippen molar-refractivity contribution in [1.29, 1.82) is 0 Å². The molecule has 1 aliphatic carbocycles. The molecule has 0 atom stereocenters. The zero-order valence-corrected chi connectivity index (χ0v) is 13.1. The number of hydrogen-bond donors (Lipinski definition) is 0. The molecule has 0 spiro atoms. The maximum Gasteiger partial charge on any atom is 0.442 e. The van der Waals surface area contributed by atoms with E-state index in [1.165, 1.54) is 16.7 Å². The number of nitrogens with zero attached hydrogens (tertiary/aromatic N) is 5. The molecule has 1 fully saturated rings. The summed E-state index contributed by atoms with van der Waals surface area (Å²) in [7, 11) is 0. The lowest BCUT2D eigenvalue weighted by Gasteiger charge is -2.08. The molecule has 0 bridgehead atoms. The Morgan fingerprint density at radius 1 is 1.21 bits per heavy atom. The Bertz CT molecular complexity index is 921. The van der Waals surface area contributed by atoms with Crippen LogP contribution >= 0.6 is 0 Å².